The van der Waals surface area contributed by atoms with Crippen molar-refractivity contribution in [2.24, 2.45) is 0 Å². The van der Waals surface area contributed by atoms with E-state index >= 15 is 0 Å². The van der Waals surface area contributed by atoms with Gasteiger partial charge in [-0.25, -0.2) is 4.68 Å². The van der Waals surface area contributed by atoms with E-state index in [0.717, 1.165) is 80.3 Å². The van der Waals surface area contributed by atoms with Crippen molar-refractivity contribution in [2.45, 2.75) is 51.7 Å². The van der Waals surface area contributed by atoms with Gasteiger partial charge < -0.3 is 24.5 Å². The number of anilines is 1. The predicted molar refractivity (Wildman–Crippen MR) is 191 cm³/mol. The Kier molecular flexibility index (Phi) is 11.2. The van der Waals surface area contributed by atoms with Crippen LogP contribution in [-0.2, 0) is 24.0 Å². The van der Waals surface area contributed by atoms with E-state index in [1.54, 1.807) is 40.2 Å². The van der Waals surface area contributed by atoms with Gasteiger partial charge in [0.15, 0.2) is 5.78 Å². The molecule has 1 aromatic heterocycles. The molecule has 3 atom stereocenters. The number of hydrogen-bond donors (Lipinski definition) is 0. The third kappa shape index (κ3) is 7.93. The van der Waals surface area contributed by atoms with Crippen molar-refractivity contribution in [1.82, 2.24) is 34.3 Å². The minimum Gasteiger partial charge on any atom is -0.354 e. The van der Waals surface area contributed by atoms with Crippen molar-refractivity contribution in [3.05, 3.63) is 42.1 Å². The molecule has 0 saturated carbocycles. The van der Waals surface area contributed by atoms with Crippen LogP contribution in [0.2, 0.25) is 0 Å². The van der Waals surface area contributed by atoms with E-state index in [9.17, 15) is 24.0 Å². The summed E-state index contributed by atoms with van der Waals surface area (Å²) in [6.45, 7) is 10.9. The van der Waals surface area contributed by atoms with Gasteiger partial charge in [0.1, 0.15) is 17.9 Å². The molecule has 2 aromatic rings. The second-order valence-electron chi connectivity index (χ2n) is 13.2. The Bertz CT molecular complexity index is 1540. The van der Waals surface area contributed by atoms with Gasteiger partial charge in [0, 0.05) is 89.7 Å². The number of aromatic nitrogens is 2. The molecule has 0 bridgehead atoms. The number of hydrogen-bond acceptors (Lipinski definition) is 10. The lowest BCUT2D eigenvalue weighted by Crippen LogP contribution is -2.51. The lowest BCUT2D eigenvalue weighted by atomic mass is 10.1. The number of carbonyl (C=O) groups excluding carboxylic acids is 5. The first-order chi connectivity index (χ1) is 23.6. The Balaban J connectivity index is 0.000000218. The predicted octanol–water partition coefficient (Wildman–Crippen LogP) is 1.53. The van der Waals surface area contributed by atoms with Crippen molar-refractivity contribution in [2.75, 3.05) is 80.5 Å². The third-order valence-electron chi connectivity index (χ3n) is 9.90. The van der Waals surface area contributed by atoms with Crippen LogP contribution in [0.25, 0.3) is 5.69 Å². The van der Waals surface area contributed by atoms with E-state index in [-0.39, 0.29) is 54.5 Å². The van der Waals surface area contributed by atoms with Crippen molar-refractivity contribution in [1.29, 1.82) is 0 Å². The van der Waals surface area contributed by atoms with Crippen LogP contribution in [0, 0.1) is 6.92 Å². The van der Waals surface area contributed by atoms with Gasteiger partial charge in [0.05, 0.1) is 29.7 Å². The third-order valence-corrected chi connectivity index (χ3v) is 11.8. The molecule has 6 heterocycles. The van der Waals surface area contributed by atoms with E-state index in [4.69, 9.17) is 5.10 Å². The summed E-state index contributed by atoms with van der Waals surface area (Å²) >= 11 is 3.48. The van der Waals surface area contributed by atoms with Crippen LogP contribution in [0.4, 0.5) is 5.82 Å². The van der Waals surface area contributed by atoms with Crippen LogP contribution in [0.1, 0.15) is 32.4 Å². The second-order valence-corrected chi connectivity index (χ2v) is 15.3. The summed E-state index contributed by atoms with van der Waals surface area (Å²) in [6, 6.07) is 11.8. The van der Waals surface area contributed by atoms with Crippen LogP contribution in [-0.4, -0.2) is 157 Å². The van der Waals surface area contributed by atoms with Crippen molar-refractivity contribution in [3.8, 4) is 5.69 Å². The minimum atomic E-state index is -0.552. The number of ketones is 1. The first-order valence-corrected chi connectivity index (χ1v) is 19.3. The maximum absolute atomic E-state index is 13.1. The summed E-state index contributed by atoms with van der Waals surface area (Å²) in [7, 11) is 0. The van der Waals surface area contributed by atoms with Gasteiger partial charge in [0.25, 0.3) is 0 Å². The van der Waals surface area contributed by atoms with Crippen molar-refractivity contribution >= 4 is 58.8 Å². The molecular weight excluding hydrogens is 665 g/mol. The van der Waals surface area contributed by atoms with Gasteiger partial charge in [-0.2, -0.15) is 5.10 Å². The molecule has 5 aliphatic rings. The number of Topliss-reactive ketones (excluding diaryl/α,β-unsaturated/α-hetero) is 1. The zero-order valence-corrected chi connectivity index (χ0v) is 30.2. The summed E-state index contributed by atoms with van der Waals surface area (Å²) in [6.07, 6.45) is 0.917. The van der Waals surface area contributed by atoms with Gasteiger partial charge >= 0.3 is 0 Å². The summed E-state index contributed by atoms with van der Waals surface area (Å²) < 4.78 is 2.03. The fraction of sp³-hybridized carbons (Fsp3) is 0.588. The molecule has 0 unspecified atom stereocenters. The molecule has 5 fully saturated rings. The first kappa shape index (κ1) is 35.3. The molecule has 5 saturated heterocycles. The highest BCUT2D eigenvalue weighted by Gasteiger charge is 2.43. The molecule has 0 spiro atoms. The second kappa shape index (κ2) is 15.5. The largest absolute Gasteiger partial charge is 0.354 e. The highest BCUT2D eigenvalue weighted by molar-refractivity contribution is 7.99. The molecule has 0 N–H and O–H groups in total. The lowest BCUT2D eigenvalue weighted by Gasteiger charge is -2.38. The number of benzene rings is 1. The molecule has 15 heteroatoms. The van der Waals surface area contributed by atoms with Crippen LogP contribution in [0.3, 0.4) is 0 Å². The maximum atomic E-state index is 13.1. The van der Waals surface area contributed by atoms with E-state index in [0.29, 0.717) is 12.4 Å². The molecule has 5 aliphatic heterocycles. The number of rotatable bonds is 5. The van der Waals surface area contributed by atoms with Gasteiger partial charge in [-0.15, -0.1) is 23.5 Å². The molecule has 0 radical (unpaired) electrons. The van der Waals surface area contributed by atoms with Crippen LogP contribution in [0.5, 0.6) is 0 Å². The number of likely N-dealkylation sites (tertiary alicyclic amines) is 2. The topological polar surface area (TPSA) is 123 Å². The quantitative estimate of drug-likeness (QED) is 0.452. The van der Waals surface area contributed by atoms with Gasteiger partial charge in [-0.1, -0.05) is 18.2 Å². The lowest BCUT2D eigenvalue weighted by molar-refractivity contribution is -0.141. The molecule has 7 rings (SSSR count). The number of thioether (sulfide) groups is 2. The normalized spacial score (nSPS) is 24.4. The Morgan fingerprint density at radius 2 is 1.41 bits per heavy atom. The monoisotopic (exact) mass is 710 g/mol. The zero-order valence-electron chi connectivity index (χ0n) is 28.5. The van der Waals surface area contributed by atoms with Crippen LogP contribution < -0.4 is 4.90 Å². The highest BCUT2D eigenvalue weighted by Crippen LogP contribution is 2.29. The summed E-state index contributed by atoms with van der Waals surface area (Å²) in [5.74, 6) is 4.29. The maximum Gasteiger partial charge on any atom is 0.246 e. The molecule has 0 aliphatic carbocycles. The Labute approximate surface area is 296 Å². The summed E-state index contributed by atoms with van der Waals surface area (Å²) in [4.78, 5) is 71.8. The van der Waals surface area contributed by atoms with Crippen LogP contribution in [0.15, 0.2) is 36.4 Å². The Hall–Kier alpha value is -3.56. The number of piperazine rings is 1. The average Bonchev–Trinajstić information content (AvgIpc) is 3.94. The first-order valence-electron chi connectivity index (χ1n) is 17.0. The number of para-hydroxylation sites is 1. The molecule has 1 aromatic carbocycles. The van der Waals surface area contributed by atoms with E-state index in [2.05, 4.69) is 28.0 Å². The Morgan fingerprint density at radius 1 is 0.796 bits per heavy atom. The van der Waals surface area contributed by atoms with Gasteiger partial charge in [-0.05, 0) is 25.5 Å². The molecule has 49 heavy (non-hydrogen) atoms. The fourth-order valence-electron chi connectivity index (χ4n) is 7.29. The van der Waals surface area contributed by atoms with Crippen molar-refractivity contribution < 1.29 is 24.0 Å². The van der Waals surface area contributed by atoms with Gasteiger partial charge in [0.2, 0.25) is 23.6 Å². The fourth-order valence-corrected chi connectivity index (χ4v) is 9.20. The highest BCUT2D eigenvalue weighted by atomic mass is 32.2. The molecule has 264 valence electrons. The van der Waals surface area contributed by atoms with E-state index in [1.165, 1.54) is 11.8 Å². The standard InChI is InChI=1S/C24H32N6O2S.C10H14N2O3S/c1-18-14-23(30(25-18)20-6-4-3-5-7-20)27-10-8-26(9-11-27)21-15-22(29(16-21)19(2)31)24(32)28-12-13-33-17-28;1-7(13)12-5-8(14)4-9(12)10(15)11-2-3-16-6-11/h3-7,14,21-22H,8-13,15-17H2,1-2H3;9H,2-6H2,1H3/t21-,22-;9-/m00/s1. The average molecular weight is 711 g/mol. The minimum absolute atomic E-state index is 0.00331. The van der Waals surface area contributed by atoms with E-state index in [1.807, 2.05) is 34.7 Å². The van der Waals surface area contributed by atoms with Gasteiger partial charge in [-0.3, -0.25) is 28.9 Å². The zero-order chi connectivity index (χ0) is 34.7. The summed E-state index contributed by atoms with van der Waals surface area (Å²) in [5, 5.41) is 4.72. The Morgan fingerprint density at radius 3 is 1.98 bits per heavy atom. The summed E-state index contributed by atoms with van der Waals surface area (Å²) in [5.41, 5.74) is 2.07. The molecule has 13 nitrogen and oxygen atoms in total. The van der Waals surface area contributed by atoms with E-state index < -0.39 is 6.04 Å². The SMILES string of the molecule is CC(=O)N1CC(=O)C[C@H]1C(=O)N1CCSC1.CC(=O)N1C[C@@H](N2CCN(c3cc(C)nn3-c3ccccc3)CC2)C[C@H]1C(=O)N1CCSC1. The number of carbonyl (C=O) groups is 5. The number of aryl methyl sites for hydroxylation is 1. The number of nitrogens with zero attached hydrogens (tertiary/aromatic N) is 8. The number of amides is 4. The van der Waals surface area contributed by atoms with Crippen molar-refractivity contribution in [3.63, 3.8) is 0 Å². The van der Waals surface area contributed by atoms with Crippen LogP contribution >= 0.6 is 23.5 Å². The molecule has 4 amide bonds. The molecular formula is C34H46N8O5S2. The smallest absolute Gasteiger partial charge is 0.246 e.